The lowest BCUT2D eigenvalue weighted by Gasteiger charge is -2.12. The van der Waals surface area contributed by atoms with Crippen molar-refractivity contribution in [3.05, 3.63) is 64.1 Å². The number of anilines is 2. The first-order valence-electron chi connectivity index (χ1n) is 6.81. The number of benzene rings is 2. The lowest BCUT2D eigenvalue weighted by atomic mass is 10.3. The van der Waals surface area contributed by atoms with Crippen molar-refractivity contribution in [2.75, 3.05) is 10.6 Å². The SMILES string of the molecule is O=C(Nc1nccs1)Nc1ccccc1Oc1ccc(Cl)c(Cl)c1. The minimum atomic E-state index is -0.407. The van der Waals surface area contributed by atoms with Crippen molar-refractivity contribution in [2.24, 2.45) is 0 Å². The number of hydrogen-bond acceptors (Lipinski definition) is 4. The van der Waals surface area contributed by atoms with E-state index < -0.39 is 6.03 Å². The van der Waals surface area contributed by atoms with Gasteiger partial charge in [-0.15, -0.1) is 11.3 Å². The summed E-state index contributed by atoms with van der Waals surface area (Å²) in [7, 11) is 0. The van der Waals surface area contributed by atoms with Crippen LogP contribution in [0.25, 0.3) is 0 Å². The van der Waals surface area contributed by atoms with Gasteiger partial charge in [0.2, 0.25) is 0 Å². The highest BCUT2D eigenvalue weighted by atomic mass is 35.5. The number of ether oxygens (including phenoxy) is 1. The Kier molecular flexibility index (Phi) is 5.20. The van der Waals surface area contributed by atoms with E-state index in [9.17, 15) is 4.79 Å². The molecule has 0 spiro atoms. The molecule has 5 nitrogen and oxygen atoms in total. The number of nitrogens with one attached hydrogen (secondary N) is 2. The molecule has 2 amide bonds. The second-order valence-electron chi connectivity index (χ2n) is 4.59. The van der Waals surface area contributed by atoms with Crippen molar-refractivity contribution in [1.29, 1.82) is 0 Å². The van der Waals surface area contributed by atoms with Crippen molar-refractivity contribution < 1.29 is 9.53 Å². The topological polar surface area (TPSA) is 63.2 Å². The summed E-state index contributed by atoms with van der Waals surface area (Å²) in [6.45, 7) is 0. The standard InChI is InChI=1S/C16H11Cl2N3O2S/c17-11-6-5-10(9-12(11)18)23-14-4-2-1-3-13(14)20-15(22)21-16-19-7-8-24-16/h1-9H,(H2,19,20,21,22). The summed E-state index contributed by atoms with van der Waals surface area (Å²) in [5, 5.41) is 8.49. The van der Waals surface area contributed by atoms with Crippen molar-refractivity contribution in [2.45, 2.75) is 0 Å². The molecule has 0 atom stereocenters. The molecule has 1 heterocycles. The highest BCUT2D eigenvalue weighted by Crippen LogP contribution is 2.33. The first-order chi connectivity index (χ1) is 11.6. The molecule has 0 radical (unpaired) electrons. The zero-order valence-electron chi connectivity index (χ0n) is 12.1. The number of thiazole rings is 1. The monoisotopic (exact) mass is 379 g/mol. The van der Waals surface area contributed by atoms with Gasteiger partial charge < -0.3 is 10.1 Å². The molecule has 0 aliphatic heterocycles. The Labute approximate surface area is 152 Å². The Morgan fingerprint density at radius 3 is 2.67 bits per heavy atom. The van der Waals surface area contributed by atoms with Crippen LogP contribution in [-0.4, -0.2) is 11.0 Å². The average Bonchev–Trinajstić information content (AvgIpc) is 3.05. The van der Waals surface area contributed by atoms with Crippen molar-refractivity contribution in [3.8, 4) is 11.5 Å². The van der Waals surface area contributed by atoms with Crippen molar-refractivity contribution in [1.82, 2.24) is 4.98 Å². The van der Waals surface area contributed by atoms with Gasteiger partial charge in [0, 0.05) is 17.6 Å². The number of amides is 2. The second kappa shape index (κ2) is 7.53. The normalized spacial score (nSPS) is 10.2. The van der Waals surface area contributed by atoms with E-state index in [0.717, 1.165) is 0 Å². The molecule has 8 heteroatoms. The lowest BCUT2D eigenvalue weighted by Crippen LogP contribution is -2.19. The van der Waals surface area contributed by atoms with Crippen LogP contribution >= 0.6 is 34.5 Å². The molecule has 1 aromatic heterocycles. The van der Waals surface area contributed by atoms with Crippen molar-refractivity contribution in [3.63, 3.8) is 0 Å². The van der Waals surface area contributed by atoms with Crippen LogP contribution in [0.15, 0.2) is 54.0 Å². The zero-order valence-corrected chi connectivity index (χ0v) is 14.5. The summed E-state index contributed by atoms with van der Waals surface area (Å²) >= 11 is 13.2. The number of nitrogens with zero attached hydrogens (tertiary/aromatic N) is 1. The van der Waals surface area contributed by atoms with Gasteiger partial charge in [-0.25, -0.2) is 9.78 Å². The van der Waals surface area contributed by atoms with Crippen molar-refractivity contribution >= 4 is 51.4 Å². The number of aromatic nitrogens is 1. The quantitative estimate of drug-likeness (QED) is 0.594. The van der Waals surface area contributed by atoms with E-state index in [1.165, 1.54) is 11.3 Å². The maximum Gasteiger partial charge on any atom is 0.325 e. The molecular formula is C16H11Cl2N3O2S. The maximum atomic E-state index is 12.0. The third kappa shape index (κ3) is 4.17. The van der Waals surface area contributed by atoms with Crippen LogP contribution in [0, 0.1) is 0 Å². The minimum absolute atomic E-state index is 0.390. The van der Waals surface area contributed by atoms with Crippen LogP contribution in [0.1, 0.15) is 0 Å². The smallest absolute Gasteiger partial charge is 0.325 e. The van der Waals surface area contributed by atoms with Crippen LogP contribution in [0.4, 0.5) is 15.6 Å². The Hall–Kier alpha value is -2.28. The van der Waals surface area contributed by atoms with E-state index >= 15 is 0 Å². The second-order valence-corrected chi connectivity index (χ2v) is 6.30. The van der Waals surface area contributed by atoms with Crippen LogP contribution < -0.4 is 15.4 Å². The molecule has 0 saturated carbocycles. The van der Waals surface area contributed by atoms with E-state index in [0.29, 0.717) is 32.4 Å². The molecule has 3 rings (SSSR count). The minimum Gasteiger partial charge on any atom is -0.455 e. The molecule has 0 bridgehead atoms. The van der Waals surface area contributed by atoms with Crippen LogP contribution in [-0.2, 0) is 0 Å². The van der Waals surface area contributed by atoms with Crippen LogP contribution in [0.5, 0.6) is 11.5 Å². The summed E-state index contributed by atoms with van der Waals surface area (Å²) in [5.41, 5.74) is 0.512. The summed E-state index contributed by atoms with van der Waals surface area (Å²) in [4.78, 5) is 16.0. The average molecular weight is 380 g/mol. The maximum absolute atomic E-state index is 12.0. The molecule has 0 saturated heterocycles. The number of carbonyl (C=O) groups excluding carboxylic acids is 1. The van der Waals surface area contributed by atoms with Gasteiger partial charge in [-0.05, 0) is 24.3 Å². The summed E-state index contributed by atoms with van der Waals surface area (Å²) in [6, 6.07) is 11.6. The molecule has 0 aliphatic rings. The highest BCUT2D eigenvalue weighted by Gasteiger charge is 2.10. The molecule has 0 aliphatic carbocycles. The Morgan fingerprint density at radius 1 is 1.08 bits per heavy atom. The Balaban J connectivity index is 1.75. The van der Waals surface area contributed by atoms with Gasteiger partial charge in [-0.2, -0.15) is 0 Å². The predicted octanol–water partition coefficient (Wildman–Crippen LogP) is 5.89. The van der Waals surface area contributed by atoms with Gasteiger partial charge in [0.1, 0.15) is 5.75 Å². The molecule has 122 valence electrons. The van der Waals surface area contributed by atoms with E-state index in [1.54, 1.807) is 54.0 Å². The molecule has 2 aromatic carbocycles. The van der Waals surface area contributed by atoms with Crippen LogP contribution in [0.3, 0.4) is 0 Å². The summed E-state index contributed by atoms with van der Waals surface area (Å²) < 4.78 is 5.78. The lowest BCUT2D eigenvalue weighted by molar-refractivity contribution is 0.262. The van der Waals surface area contributed by atoms with Gasteiger partial charge in [-0.1, -0.05) is 35.3 Å². The number of carbonyl (C=O) groups is 1. The predicted molar refractivity (Wildman–Crippen MR) is 97.7 cm³/mol. The third-order valence-electron chi connectivity index (χ3n) is 2.91. The van der Waals surface area contributed by atoms with Crippen LogP contribution in [0.2, 0.25) is 10.0 Å². The number of para-hydroxylation sites is 2. The largest absolute Gasteiger partial charge is 0.455 e. The van der Waals surface area contributed by atoms with E-state index in [-0.39, 0.29) is 0 Å². The number of halogens is 2. The Morgan fingerprint density at radius 2 is 1.92 bits per heavy atom. The molecule has 24 heavy (non-hydrogen) atoms. The first kappa shape index (κ1) is 16.6. The van der Waals surface area contributed by atoms with Gasteiger partial charge in [0.15, 0.2) is 10.9 Å². The molecule has 0 fully saturated rings. The highest BCUT2D eigenvalue weighted by molar-refractivity contribution is 7.13. The van der Waals surface area contributed by atoms with E-state index in [4.69, 9.17) is 27.9 Å². The fourth-order valence-corrected chi connectivity index (χ4v) is 2.67. The van der Waals surface area contributed by atoms with Gasteiger partial charge in [-0.3, -0.25) is 5.32 Å². The zero-order chi connectivity index (χ0) is 16.9. The first-order valence-corrected chi connectivity index (χ1v) is 8.45. The van der Waals surface area contributed by atoms with Gasteiger partial charge >= 0.3 is 6.03 Å². The molecular weight excluding hydrogens is 369 g/mol. The Bertz CT molecular complexity index is 856. The molecule has 0 unspecified atom stereocenters. The molecule has 3 aromatic rings. The number of rotatable bonds is 4. The summed E-state index contributed by atoms with van der Waals surface area (Å²) in [5.74, 6) is 0.990. The molecule has 2 N–H and O–H groups in total. The number of hydrogen-bond donors (Lipinski definition) is 2. The van der Waals surface area contributed by atoms with E-state index in [1.807, 2.05) is 0 Å². The van der Waals surface area contributed by atoms with Gasteiger partial charge in [0.05, 0.1) is 15.7 Å². The fraction of sp³-hybridized carbons (Fsp3) is 0. The van der Waals surface area contributed by atoms with Gasteiger partial charge in [0.25, 0.3) is 0 Å². The van der Waals surface area contributed by atoms with E-state index in [2.05, 4.69) is 15.6 Å². The fourth-order valence-electron chi connectivity index (χ4n) is 1.86. The third-order valence-corrected chi connectivity index (χ3v) is 4.33. The summed E-state index contributed by atoms with van der Waals surface area (Å²) in [6.07, 6.45) is 1.61. The number of urea groups is 1.